The summed E-state index contributed by atoms with van der Waals surface area (Å²) >= 11 is 0. The number of piperidine rings is 1. The van der Waals surface area contributed by atoms with Crippen molar-refractivity contribution in [3.05, 3.63) is 64.5 Å². The van der Waals surface area contributed by atoms with Gasteiger partial charge in [0.15, 0.2) is 11.6 Å². The minimum absolute atomic E-state index is 0.228. The number of ether oxygens (including phenoxy) is 2. The molecular weight excluding hydrogens is 397 g/mol. The first kappa shape index (κ1) is 20.1. The van der Waals surface area contributed by atoms with Crippen molar-refractivity contribution in [1.82, 2.24) is 4.90 Å². The number of methoxy groups -OCH3 is 1. The summed E-state index contributed by atoms with van der Waals surface area (Å²) < 4.78 is 25.7. The van der Waals surface area contributed by atoms with E-state index >= 15 is 0 Å². The fourth-order valence-corrected chi connectivity index (χ4v) is 4.83. The van der Waals surface area contributed by atoms with E-state index in [4.69, 9.17) is 9.47 Å². The van der Waals surface area contributed by atoms with E-state index in [1.807, 2.05) is 18.2 Å². The molecule has 2 fully saturated rings. The van der Waals surface area contributed by atoms with Crippen molar-refractivity contribution in [2.24, 2.45) is 5.41 Å². The Balaban J connectivity index is 1.52. The van der Waals surface area contributed by atoms with E-state index in [1.54, 1.807) is 6.07 Å². The minimum Gasteiger partial charge on any atom is -0.494 e. The zero-order chi connectivity index (χ0) is 21.6. The molecule has 0 aromatic heterocycles. The summed E-state index contributed by atoms with van der Waals surface area (Å²) in [5.41, 5.74) is 4.63. The number of nitrogens with zero attached hydrogens (tertiary/aromatic N) is 1. The number of carboxylic acid groups (broad SMARTS) is 1. The molecule has 2 heterocycles. The van der Waals surface area contributed by atoms with Crippen molar-refractivity contribution in [1.29, 1.82) is 0 Å². The van der Waals surface area contributed by atoms with Crippen molar-refractivity contribution < 1.29 is 23.8 Å². The number of halogens is 1. The normalized spacial score (nSPS) is 19.7. The number of hydrogen-bond donors (Lipinski definition) is 1. The van der Waals surface area contributed by atoms with Crippen LogP contribution in [0.5, 0.6) is 11.5 Å². The van der Waals surface area contributed by atoms with Crippen LogP contribution >= 0.6 is 0 Å². The molecule has 1 aliphatic carbocycles. The Morgan fingerprint density at radius 3 is 2.61 bits per heavy atom. The van der Waals surface area contributed by atoms with Crippen LogP contribution in [-0.4, -0.2) is 42.7 Å². The predicted molar refractivity (Wildman–Crippen MR) is 115 cm³/mol. The highest BCUT2D eigenvalue weighted by atomic mass is 19.1. The number of carboxylic acids is 1. The van der Waals surface area contributed by atoms with Crippen LogP contribution in [0.2, 0.25) is 0 Å². The number of fused-ring (bicyclic) bond motifs is 2. The Hall–Kier alpha value is -2.86. The van der Waals surface area contributed by atoms with Crippen molar-refractivity contribution in [2.45, 2.75) is 32.3 Å². The Morgan fingerprint density at radius 1 is 1.19 bits per heavy atom. The number of hydrogen-bond acceptors (Lipinski definition) is 4. The summed E-state index contributed by atoms with van der Waals surface area (Å²) in [7, 11) is 1.48. The third kappa shape index (κ3) is 3.59. The third-order valence-electron chi connectivity index (χ3n) is 6.83. The van der Waals surface area contributed by atoms with Gasteiger partial charge >= 0.3 is 5.97 Å². The van der Waals surface area contributed by atoms with Gasteiger partial charge in [0, 0.05) is 30.8 Å². The molecule has 1 N–H and O–H groups in total. The van der Waals surface area contributed by atoms with Gasteiger partial charge in [-0.25, -0.2) is 4.39 Å². The van der Waals surface area contributed by atoms with Gasteiger partial charge in [-0.15, -0.1) is 0 Å². The Labute approximate surface area is 181 Å². The summed E-state index contributed by atoms with van der Waals surface area (Å²) in [6, 6.07) is 11.2. The number of benzene rings is 2. The van der Waals surface area contributed by atoms with E-state index < -0.39 is 17.2 Å². The van der Waals surface area contributed by atoms with Crippen molar-refractivity contribution >= 4 is 11.5 Å². The molecule has 5 nitrogen and oxygen atoms in total. The molecule has 6 heteroatoms. The van der Waals surface area contributed by atoms with Crippen LogP contribution in [0.3, 0.4) is 0 Å². The summed E-state index contributed by atoms with van der Waals surface area (Å²) in [4.78, 5) is 13.9. The maximum atomic E-state index is 14.4. The second-order valence-electron chi connectivity index (χ2n) is 8.77. The van der Waals surface area contributed by atoms with Gasteiger partial charge in [-0.3, -0.25) is 4.79 Å². The van der Waals surface area contributed by atoms with Crippen LogP contribution in [0.4, 0.5) is 4.39 Å². The third-order valence-corrected chi connectivity index (χ3v) is 6.83. The molecule has 3 aliphatic rings. The molecule has 5 rings (SSSR count). The Bertz CT molecular complexity index is 1060. The van der Waals surface area contributed by atoms with Crippen LogP contribution in [0.15, 0.2) is 42.0 Å². The molecule has 31 heavy (non-hydrogen) atoms. The molecular formula is C25H26FNO4. The highest BCUT2D eigenvalue weighted by molar-refractivity contribution is 5.87. The monoisotopic (exact) mass is 423 g/mol. The molecule has 2 aromatic rings. The van der Waals surface area contributed by atoms with Crippen molar-refractivity contribution in [3.63, 3.8) is 0 Å². The molecule has 2 aliphatic heterocycles. The molecule has 2 aromatic carbocycles. The number of para-hydroxylation sites is 1. The summed E-state index contributed by atoms with van der Waals surface area (Å²) in [5, 5.41) is 9.52. The lowest BCUT2D eigenvalue weighted by atomic mass is 9.86. The molecule has 0 radical (unpaired) electrons. The van der Waals surface area contributed by atoms with Crippen LogP contribution in [0.1, 0.15) is 42.4 Å². The van der Waals surface area contributed by atoms with Gasteiger partial charge < -0.3 is 19.5 Å². The lowest BCUT2D eigenvalue weighted by molar-refractivity contribution is -0.144. The van der Waals surface area contributed by atoms with E-state index in [2.05, 4.69) is 11.0 Å². The predicted octanol–water partition coefficient (Wildman–Crippen LogP) is 4.49. The number of rotatable bonds is 4. The average molecular weight is 423 g/mol. The number of carbonyl (C=O) groups is 1. The van der Waals surface area contributed by atoms with Crippen LogP contribution < -0.4 is 9.47 Å². The zero-order valence-electron chi connectivity index (χ0n) is 17.6. The molecule has 1 saturated heterocycles. The zero-order valence-corrected chi connectivity index (χ0v) is 17.6. The van der Waals surface area contributed by atoms with Gasteiger partial charge in [-0.05, 0) is 55.0 Å². The first-order valence-corrected chi connectivity index (χ1v) is 10.8. The maximum Gasteiger partial charge on any atom is 0.310 e. The van der Waals surface area contributed by atoms with E-state index in [9.17, 15) is 14.3 Å². The standard InChI is InChI=1S/C25H26FNO4/c1-30-22-13-19-17(12-20(22)26)14-31-21-5-3-2-4-18(21)23(19)16-6-10-27(11-7-16)15-25(8-9-25)24(28)29/h2-5,12-13H,6-11,14-15H2,1H3,(H,28,29). The van der Waals surface area contributed by atoms with Gasteiger partial charge in [-0.2, -0.15) is 0 Å². The fourth-order valence-electron chi connectivity index (χ4n) is 4.83. The van der Waals surface area contributed by atoms with Gasteiger partial charge in [0.1, 0.15) is 12.4 Å². The second kappa shape index (κ2) is 7.68. The van der Waals surface area contributed by atoms with Crippen LogP contribution in [0.25, 0.3) is 5.57 Å². The Morgan fingerprint density at radius 2 is 1.94 bits per heavy atom. The van der Waals surface area contributed by atoms with Gasteiger partial charge in [0.2, 0.25) is 0 Å². The Kier molecular flexibility index (Phi) is 4.97. The summed E-state index contributed by atoms with van der Waals surface area (Å²) in [5.74, 6) is -0.0375. The molecule has 162 valence electrons. The molecule has 0 unspecified atom stereocenters. The quantitative estimate of drug-likeness (QED) is 0.785. The highest BCUT2D eigenvalue weighted by Crippen LogP contribution is 2.47. The smallest absolute Gasteiger partial charge is 0.310 e. The molecule has 0 atom stereocenters. The first-order valence-electron chi connectivity index (χ1n) is 10.8. The lowest BCUT2D eigenvalue weighted by Crippen LogP contribution is -2.38. The molecule has 1 saturated carbocycles. The SMILES string of the molecule is COc1cc2c(cc1F)COc1ccccc1C2=C1CCN(CC2(C(=O)O)CC2)CC1. The number of likely N-dealkylation sites (tertiary alicyclic amines) is 1. The van der Waals surface area contributed by atoms with Gasteiger partial charge in [0.25, 0.3) is 0 Å². The minimum atomic E-state index is -0.672. The molecule has 0 spiro atoms. The lowest BCUT2D eigenvalue weighted by Gasteiger charge is -2.32. The van der Waals surface area contributed by atoms with Gasteiger partial charge in [0.05, 0.1) is 12.5 Å². The van der Waals surface area contributed by atoms with Crippen LogP contribution in [-0.2, 0) is 11.4 Å². The topological polar surface area (TPSA) is 59.0 Å². The van der Waals surface area contributed by atoms with E-state index in [0.717, 1.165) is 66.8 Å². The maximum absolute atomic E-state index is 14.4. The second-order valence-corrected chi connectivity index (χ2v) is 8.77. The largest absolute Gasteiger partial charge is 0.494 e. The highest BCUT2D eigenvalue weighted by Gasteiger charge is 2.51. The fraction of sp³-hybridized carbons (Fsp3) is 0.400. The number of aliphatic carboxylic acids is 1. The average Bonchev–Trinajstić information content (AvgIpc) is 3.57. The van der Waals surface area contributed by atoms with Gasteiger partial charge in [-0.1, -0.05) is 23.8 Å². The summed E-state index contributed by atoms with van der Waals surface area (Å²) in [6.07, 6.45) is 3.24. The summed E-state index contributed by atoms with van der Waals surface area (Å²) in [6.45, 7) is 2.58. The van der Waals surface area contributed by atoms with Crippen LogP contribution in [0, 0.1) is 11.2 Å². The van der Waals surface area contributed by atoms with E-state index in [-0.39, 0.29) is 5.75 Å². The van der Waals surface area contributed by atoms with E-state index in [1.165, 1.54) is 18.7 Å². The molecule has 0 amide bonds. The van der Waals surface area contributed by atoms with E-state index in [0.29, 0.717) is 13.2 Å². The van der Waals surface area contributed by atoms with Crippen molar-refractivity contribution in [3.8, 4) is 11.5 Å². The van der Waals surface area contributed by atoms with Crippen molar-refractivity contribution in [2.75, 3.05) is 26.7 Å². The first-order chi connectivity index (χ1) is 15.0. The molecule has 0 bridgehead atoms.